The Morgan fingerprint density at radius 2 is 1.69 bits per heavy atom. The van der Waals surface area contributed by atoms with E-state index >= 15 is 0 Å². The van der Waals surface area contributed by atoms with Gasteiger partial charge in [-0.25, -0.2) is 9.97 Å². The van der Waals surface area contributed by atoms with Gasteiger partial charge in [0, 0.05) is 56.9 Å². The van der Waals surface area contributed by atoms with Gasteiger partial charge in [-0.3, -0.25) is 9.69 Å². The molecule has 208 valence electrons. The van der Waals surface area contributed by atoms with E-state index in [1.165, 1.54) is 32.1 Å². The second-order valence-corrected chi connectivity index (χ2v) is 10.9. The molecule has 0 bridgehead atoms. The zero-order valence-corrected chi connectivity index (χ0v) is 22.8. The molecule has 3 aromatic heterocycles. The number of amides is 1. The van der Waals surface area contributed by atoms with Crippen LogP contribution in [0.4, 0.5) is 17.5 Å². The van der Waals surface area contributed by atoms with Crippen LogP contribution in [0, 0.1) is 0 Å². The number of nitrogens with one attached hydrogen (secondary N) is 2. The van der Waals surface area contributed by atoms with E-state index in [1.807, 2.05) is 18.3 Å². The summed E-state index contributed by atoms with van der Waals surface area (Å²) < 4.78 is 7.57. The van der Waals surface area contributed by atoms with Crippen molar-refractivity contribution in [1.29, 1.82) is 0 Å². The van der Waals surface area contributed by atoms with Crippen LogP contribution < -0.4 is 15.5 Å². The van der Waals surface area contributed by atoms with Gasteiger partial charge in [0.2, 0.25) is 5.95 Å². The lowest BCUT2D eigenvalue weighted by Crippen LogP contribution is -2.49. The molecule has 0 saturated carbocycles. The Balaban J connectivity index is 1.12. The molecule has 0 unspecified atom stereocenters. The number of aromatic nitrogens is 4. The van der Waals surface area contributed by atoms with Crippen molar-refractivity contribution < 1.29 is 9.53 Å². The molecule has 0 radical (unpaired) electrons. The molecule has 0 spiro atoms. The van der Waals surface area contributed by atoms with Crippen molar-refractivity contribution in [2.24, 2.45) is 0 Å². The Morgan fingerprint density at radius 3 is 2.49 bits per heavy atom. The fourth-order valence-corrected chi connectivity index (χ4v) is 6.10. The highest BCUT2D eigenvalue weighted by Crippen LogP contribution is 2.25. The molecule has 3 aromatic rings. The fourth-order valence-electron chi connectivity index (χ4n) is 6.10. The summed E-state index contributed by atoms with van der Waals surface area (Å²) in [5.41, 5.74) is 2.60. The fraction of sp³-hybridized carbons (Fsp3) is 0.586. The summed E-state index contributed by atoms with van der Waals surface area (Å²) >= 11 is 0. The first-order chi connectivity index (χ1) is 19.2. The van der Waals surface area contributed by atoms with Gasteiger partial charge < -0.3 is 24.8 Å². The first-order valence-electron chi connectivity index (χ1n) is 14.7. The average molecular weight is 533 g/mol. The molecule has 10 heteroatoms. The number of hydrogen-bond donors (Lipinski definition) is 2. The van der Waals surface area contributed by atoms with Gasteiger partial charge in [0.15, 0.2) is 0 Å². The lowest BCUT2D eigenvalue weighted by Gasteiger charge is -2.40. The summed E-state index contributed by atoms with van der Waals surface area (Å²) in [5, 5.41) is 7.23. The second-order valence-electron chi connectivity index (χ2n) is 10.9. The summed E-state index contributed by atoms with van der Waals surface area (Å²) in [5.74, 6) is 1.16. The summed E-state index contributed by atoms with van der Waals surface area (Å²) in [7, 11) is 0. The van der Waals surface area contributed by atoms with Crippen LogP contribution in [0.15, 0.2) is 30.6 Å². The number of hydrogen-bond acceptors (Lipinski definition) is 8. The molecule has 3 aliphatic heterocycles. The number of carbonyl (C=O) groups excluding carboxylic acids is 1. The van der Waals surface area contributed by atoms with Gasteiger partial charge in [-0.15, -0.1) is 0 Å². The van der Waals surface area contributed by atoms with E-state index in [0.29, 0.717) is 30.0 Å². The molecule has 6 rings (SSSR count). The number of pyridine rings is 1. The minimum Gasteiger partial charge on any atom is -0.379 e. The maximum Gasteiger partial charge on any atom is 0.267 e. The summed E-state index contributed by atoms with van der Waals surface area (Å²) in [6.07, 6.45) is 12.9. The smallest absolute Gasteiger partial charge is 0.267 e. The quantitative estimate of drug-likeness (QED) is 0.521. The lowest BCUT2D eigenvalue weighted by atomic mass is 10.0. The largest absolute Gasteiger partial charge is 0.379 e. The molecule has 0 atom stereocenters. The highest BCUT2D eigenvalue weighted by atomic mass is 16.5. The summed E-state index contributed by atoms with van der Waals surface area (Å²) in [6, 6.07) is 6.69. The highest BCUT2D eigenvalue weighted by molar-refractivity contribution is 5.98. The maximum atomic E-state index is 12.9. The van der Waals surface area contributed by atoms with Gasteiger partial charge in [0.1, 0.15) is 17.2 Å². The maximum absolute atomic E-state index is 12.9. The molecule has 2 saturated heterocycles. The van der Waals surface area contributed by atoms with Crippen LogP contribution in [0.3, 0.4) is 0 Å². The highest BCUT2D eigenvalue weighted by Gasteiger charge is 2.26. The number of ether oxygens (including phenoxy) is 1. The first-order valence-corrected chi connectivity index (χ1v) is 14.7. The predicted octanol–water partition coefficient (Wildman–Crippen LogP) is 3.95. The van der Waals surface area contributed by atoms with Crippen LogP contribution in [0.1, 0.15) is 61.9 Å². The van der Waals surface area contributed by atoms with Gasteiger partial charge >= 0.3 is 0 Å². The summed E-state index contributed by atoms with van der Waals surface area (Å²) in [4.78, 5) is 31.9. The SMILES string of the molecule is O=C1NCCCCCCCCn2c1cc1cnc(Nc3ccc(N4CCC(N5CCOCC5)CC4)cn3)nc12. The van der Waals surface area contributed by atoms with E-state index in [4.69, 9.17) is 9.72 Å². The van der Waals surface area contributed by atoms with Crippen molar-refractivity contribution in [1.82, 2.24) is 29.7 Å². The zero-order valence-electron chi connectivity index (χ0n) is 22.8. The molecule has 6 heterocycles. The first kappa shape index (κ1) is 26.0. The van der Waals surface area contributed by atoms with Gasteiger partial charge in [0.05, 0.1) is 25.1 Å². The van der Waals surface area contributed by atoms with E-state index in [0.717, 1.165) is 81.9 Å². The van der Waals surface area contributed by atoms with Gasteiger partial charge in [-0.2, -0.15) is 4.98 Å². The molecule has 3 aliphatic rings. The minimum absolute atomic E-state index is 0.0330. The molecule has 39 heavy (non-hydrogen) atoms. The van der Waals surface area contributed by atoms with Gasteiger partial charge in [-0.1, -0.05) is 25.7 Å². The topological polar surface area (TPSA) is 100 Å². The van der Waals surface area contributed by atoms with E-state index < -0.39 is 0 Å². The van der Waals surface area contributed by atoms with E-state index in [9.17, 15) is 4.79 Å². The molecule has 0 aromatic carbocycles. The van der Waals surface area contributed by atoms with Crippen molar-refractivity contribution in [3.05, 3.63) is 36.3 Å². The van der Waals surface area contributed by atoms with Crippen LogP contribution in [-0.2, 0) is 11.3 Å². The average Bonchev–Trinajstić information content (AvgIpc) is 3.34. The Bertz CT molecular complexity index is 1250. The van der Waals surface area contributed by atoms with Crippen molar-refractivity contribution >= 4 is 34.4 Å². The lowest BCUT2D eigenvalue weighted by molar-refractivity contribution is 0.0115. The number of nitrogens with zero attached hydrogens (tertiary/aromatic N) is 6. The van der Waals surface area contributed by atoms with Crippen molar-refractivity contribution in [2.75, 3.05) is 56.2 Å². The summed E-state index contributed by atoms with van der Waals surface area (Å²) in [6.45, 7) is 7.41. The molecular formula is C29H40N8O2. The third-order valence-electron chi connectivity index (χ3n) is 8.34. The zero-order chi connectivity index (χ0) is 26.4. The predicted molar refractivity (Wildman–Crippen MR) is 153 cm³/mol. The van der Waals surface area contributed by atoms with Crippen molar-refractivity contribution in [2.45, 2.75) is 64.0 Å². The Hall–Kier alpha value is -3.24. The van der Waals surface area contributed by atoms with E-state index in [-0.39, 0.29) is 5.91 Å². The van der Waals surface area contributed by atoms with Gasteiger partial charge in [-0.05, 0) is 43.9 Å². The molecule has 2 fully saturated rings. The monoisotopic (exact) mass is 532 g/mol. The number of anilines is 3. The van der Waals surface area contributed by atoms with Crippen LogP contribution in [-0.4, -0.2) is 82.3 Å². The third kappa shape index (κ3) is 6.17. The normalized spacial score (nSPS) is 20.6. The Kier molecular flexibility index (Phi) is 8.20. The van der Waals surface area contributed by atoms with Gasteiger partial charge in [0.25, 0.3) is 5.91 Å². The molecule has 0 aliphatic carbocycles. The van der Waals surface area contributed by atoms with Crippen LogP contribution in [0.5, 0.6) is 0 Å². The van der Waals surface area contributed by atoms with Crippen LogP contribution in [0.25, 0.3) is 11.0 Å². The molecule has 1 amide bonds. The van der Waals surface area contributed by atoms with E-state index in [2.05, 4.69) is 41.0 Å². The van der Waals surface area contributed by atoms with E-state index in [1.54, 1.807) is 6.20 Å². The van der Waals surface area contributed by atoms with Crippen molar-refractivity contribution in [3.8, 4) is 0 Å². The minimum atomic E-state index is -0.0330. The Morgan fingerprint density at radius 1 is 0.897 bits per heavy atom. The van der Waals surface area contributed by atoms with Crippen LogP contribution >= 0.6 is 0 Å². The number of carbonyl (C=O) groups is 1. The Labute approximate surface area is 230 Å². The third-order valence-corrected chi connectivity index (χ3v) is 8.34. The van der Waals surface area contributed by atoms with Crippen molar-refractivity contribution in [3.63, 3.8) is 0 Å². The standard InChI is InChI=1S/C29H40N8O2/c38-28-25-19-22-20-32-29(34-27(22)37(25)12-6-4-2-1-3-5-11-30-28)33-26-8-7-24(21-31-26)35-13-9-23(10-14-35)36-15-17-39-18-16-36/h7-8,19-21,23H,1-6,9-18H2,(H,30,38)(H,31,32,33,34). The number of aryl methyl sites for hydroxylation is 1. The number of piperidine rings is 1. The second kappa shape index (κ2) is 12.3. The molecule has 10 nitrogen and oxygen atoms in total. The molecule has 2 N–H and O–H groups in total. The number of morpholine rings is 1. The molecular weight excluding hydrogens is 492 g/mol. The van der Waals surface area contributed by atoms with Crippen LogP contribution in [0.2, 0.25) is 0 Å². The number of fused-ring (bicyclic) bond motifs is 3. The number of rotatable bonds is 4.